The number of aliphatic hydroxyl groups excluding tert-OH is 1. The molecule has 6 heteroatoms. The zero-order valence-electron chi connectivity index (χ0n) is 9.61. The van der Waals surface area contributed by atoms with Gasteiger partial charge in [-0.05, 0) is 11.6 Å². The van der Waals surface area contributed by atoms with E-state index in [1.807, 2.05) is 0 Å². The van der Waals surface area contributed by atoms with Crippen LogP contribution in [0.2, 0.25) is 0 Å². The highest BCUT2D eigenvalue weighted by molar-refractivity contribution is 5.36. The largest absolute Gasteiger partial charge is 0.416 e. The van der Waals surface area contributed by atoms with Crippen LogP contribution in [0.1, 0.15) is 17.0 Å². The minimum absolute atomic E-state index is 0.204. The molecule has 0 aliphatic carbocycles. The van der Waals surface area contributed by atoms with Crippen molar-refractivity contribution in [3.05, 3.63) is 35.4 Å². The highest BCUT2D eigenvalue weighted by Crippen LogP contribution is 2.35. The maximum atomic E-state index is 12.8. The Morgan fingerprint density at radius 1 is 1.39 bits per heavy atom. The van der Waals surface area contributed by atoms with Crippen LogP contribution in [0.5, 0.6) is 0 Å². The number of aliphatic hydroxyl groups is 1. The quantitative estimate of drug-likeness (QED) is 0.902. The molecule has 0 radical (unpaired) electrons. The van der Waals surface area contributed by atoms with Crippen molar-refractivity contribution in [3.63, 3.8) is 0 Å². The number of benzene rings is 1. The summed E-state index contributed by atoms with van der Waals surface area (Å²) in [5.41, 5.74) is -1.15. The second-order valence-corrected chi connectivity index (χ2v) is 3.71. The zero-order valence-corrected chi connectivity index (χ0v) is 9.61. The number of halogens is 3. The van der Waals surface area contributed by atoms with Crippen LogP contribution in [0.15, 0.2) is 24.3 Å². The van der Waals surface area contributed by atoms with Crippen molar-refractivity contribution < 1.29 is 23.0 Å². The van der Waals surface area contributed by atoms with Gasteiger partial charge in [0.1, 0.15) is 0 Å². The summed E-state index contributed by atoms with van der Waals surface area (Å²) in [5.74, 6) is -1.28. The van der Waals surface area contributed by atoms with Crippen molar-refractivity contribution in [1.29, 1.82) is 5.26 Å². The topological polar surface area (TPSA) is 53.2 Å². The van der Waals surface area contributed by atoms with Gasteiger partial charge in [0.25, 0.3) is 0 Å². The van der Waals surface area contributed by atoms with Gasteiger partial charge in [-0.25, -0.2) is 0 Å². The lowest BCUT2D eigenvalue weighted by atomic mass is 9.91. The minimum Gasteiger partial charge on any atom is -0.389 e. The van der Waals surface area contributed by atoms with Gasteiger partial charge in [0, 0.05) is 7.11 Å². The lowest BCUT2D eigenvalue weighted by Gasteiger charge is -2.20. The first kappa shape index (κ1) is 14.5. The summed E-state index contributed by atoms with van der Waals surface area (Å²) in [6, 6.07) is 6.40. The standard InChI is InChI=1S/C12H12F3NO2/c1-18-7-11(17)9(6-16)8-4-2-3-5-10(8)12(13,14)15/h2-5,9,11,17H,7H2,1H3. The second kappa shape index (κ2) is 5.85. The van der Waals surface area contributed by atoms with E-state index in [-0.39, 0.29) is 12.2 Å². The van der Waals surface area contributed by atoms with E-state index in [0.717, 1.165) is 6.07 Å². The van der Waals surface area contributed by atoms with Crippen LogP contribution >= 0.6 is 0 Å². The van der Waals surface area contributed by atoms with E-state index in [9.17, 15) is 18.3 Å². The number of rotatable bonds is 4. The Kier molecular flexibility index (Phi) is 4.70. The van der Waals surface area contributed by atoms with Crippen LogP contribution in [0.4, 0.5) is 13.2 Å². The molecular weight excluding hydrogens is 247 g/mol. The number of alkyl halides is 3. The first-order chi connectivity index (χ1) is 8.41. The number of ether oxygens (including phenoxy) is 1. The molecule has 0 heterocycles. The molecule has 0 saturated carbocycles. The zero-order chi connectivity index (χ0) is 13.8. The van der Waals surface area contributed by atoms with Gasteiger partial charge in [-0.15, -0.1) is 0 Å². The highest BCUT2D eigenvalue weighted by atomic mass is 19.4. The molecule has 0 spiro atoms. The maximum Gasteiger partial charge on any atom is 0.416 e. The predicted molar refractivity (Wildman–Crippen MR) is 57.7 cm³/mol. The fraction of sp³-hybridized carbons (Fsp3) is 0.417. The van der Waals surface area contributed by atoms with Gasteiger partial charge in [0.15, 0.2) is 0 Å². The molecule has 0 aromatic heterocycles. The van der Waals surface area contributed by atoms with Crippen LogP contribution in [-0.2, 0) is 10.9 Å². The Morgan fingerprint density at radius 3 is 2.50 bits per heavy atom. The number of nitriles is 1. The molecule has 98 valence electrons. The van der Waals surface area contributed by atoms with Gasteiger partial charge in [-0.2, -0.15) is 18.4 Å². The molecule has 0 amide bonds. The van der Waals surface area contributed by atoms with Crippen molar-refractivity contribution in [3.8, 4) is 6.07 Å². The molecule has 3 nitrogen and oxygen atoms in total. The van der Waals surface area contributed by atoms with Gasteiger partial charge in [0.05, 0.1) is 30.3 Å². The summed E-state index contributed by atoms with van der Waals surface area (Å²) >= 11 is 0. The Balaban J connectivity index is 3.19. The number of hydrogen-bond acceptors (Lipinski definition) is 3. The smallest absolute Gasteiger partial charge is 0.389 e. The fourth-order valence-corrected chi connectivity index (χ4v) is 1.66. The lowest BCUT2D eigenvalue weighted by Crippen LogP contribution is -2.25. The molecule has 1 N–H and O–H groups in total. The van der Waals surface area contributed by atoms with Crippen molar-refractivity contribution >= 4 is 0 Å². The van der Waals surface area contributed by atoms with Crippen LogP contribution in [0.25, 0.3) is 0 Å². The van der Waals surface area contributed by atoms with E-state index in [4.69, 9.17) is 5.26 Å². The third-order valence-corrected chi connectivity index (χ3v) is 2.46. The van der Waals surface area contributed by atoms with E-state index in [2.05, 4.69) is 4.74 Å². The third-order valence-electron chi connectivity index (χ3n) is 2.46. The molecular formula is C12H12F3NO2. The number of hydrogen-bond donors (Lipinski definition) is 1. The summed E-state index contributed by atoms with van der Waals surface area (Å²) in [6.45, 7) is -0.204. The van der Waals surface area contributed by atoms with Crippen molar-refractivity contribution in [1.82, 2.24) is 0 Å². The van der Waals surface area contributed by atoms with Gasteiger partial charge in [0.2, 0.25) is 0 Å². The van der Waals surface area contributed by atoms with Crippen LogP contribution in [-0.4, -0.2) is 24.9 Å². The van der Waals surface area contributed by atoms with E-state index in [1.165, 1.54) is 25.3 Å². The van der Waals surface area contributed by atoms with Crippen molar-refractivity contribution in [2.45, 2.75) is 18.2 Å². The third kappa shape index (κ3) is 3.22. The average molecular weight is 259 g/mol. The summed E-state index contributed by atoms with van der Waals surface area (Å²) in [4.78, 5) is 0. The van der Waals surface area contributed by atoms with Crippen LogP contribution in [0.3, 0.4) is 0 Å². The van der Waals surface area contributed by atoms with E-state index < -0.39 is 23.8 Å². The molecule has 0 aliphatic heterocycles. The fourth-order valence-electron chi connectivity index (χ4n) is 1.66. The summed E-state index contributed by atoms with van der Waals surface area (Å²) in [6.07, 6.45) is -5.86. The Bertz CT molecular complexity index is 440. The van der Waals surface area contributed by atoms with Gasteiger partial charge in [-0.1, -0.05) is 18.2 Å². The SMILES string of the molecule is COCC(O)C(C#N)c1ccccc1C(F)(F)F. The Morgan fingerprint density at radius 2 is 2.00 bits per heavy atom. The van der Waals surface area contributed by atoms with Gasteiger partial charge in [-0.3, -0.25) is 0 Å². The second-order valence-electron chi connectivity index (χ2n) is 3.71. The van der Waals surface area contributed by atoms with Crippen LogP contribution in [0, 0.1) is 11.3 Å². The molecule has 0 bridgehead atoms. The van der Waals surface area contributed by atoms with E-state index in [0.29, 0.717) is 0 Å². The van der Waals surface area contributed by atoms with Gasteiger partial charge < -0.3 is 9.84 Å². The first-order valence-corrected chi connectivity index (χ1v) is 5.14. The van der Waals surface area contributed by atoms with Crippen molar-refractivity contribution in [2.24, 2.45) is 0 Å². The summed E-state index contributed by atoms with van der Waals surface area (Å²) < 4.78 is 43.0. The van der Waals surface area contributed by atoms with Crippen LogP contribution < -0.4 is 0 Å². The Labute approximate surface area is 102 Å². The molecule has 0 fully saturated rings. The normalized spacial score (nSPS) is 14.9. The summed E-state index contributed by atoms with van der Waals surface area (Å²) in [5, 5.41) is 18.6. The number of nitrogens with zero attached hydrogens (tertiary/aromatic N) is 1. The van der Waals surface area contributed by atoms with E-state index in [1.54, 1.807) is 6.07 Å². The minimum atomic E-state index is -4.56. The molecule has 2 atom stereocenters. The summed E-state index contributed by atoms with van der Waals surface area (Å²) in [7, 11) is 1.30. The van der Waals surface area contributed by atoms with Gasteiger partial charge >= 0.3 is 6.18 Å². The molecule has 1 aromatic rings. The monoisotopic (exact) mass is 259 g/mol. The Hall–Kier alpha value is -1.58. The average Bonchev–Trinajstić information content (AvgIpc) is 2.29. The van der Waals surface area contributed by atoms with Crippen molar-refractivity contribution in [2.75, 3.05) is 13.7 Å². The molecule has 0 saturated heterocycles. The first-order valence-electron chi connectivity index (χ1n) is 5.14. The molecule has 0 aliphatic rings. The maximum absolute atomic E-state index is 12.8. The molecule has 1 aromatic carbocycles. The molecule has 18 heavy (non-hydrogen) atoms. The lowest BCUT2D eigenvalue weighted by molar-refractivity contribution is -0.138. The molecule has 2 unspecified atom stereocenters. The highest BCUT2D eigenvalue weighted by Gasteiger charge is 2.36. The van der Waals surface area contributed by atoms with E-state index >= 15 is 0 Å². The molecule has 1 rings (SSSR count). The number of methoxy groups -OCH3 is 1. The predicted octanol–water partition coefficient (Wildman–Crippen LogP) is 2.32.